The maximum atomic E-state index is 11.9. The molecule has 0 saturated heterocycles. The van der Waals surface area contributed by atoms with Crippen LogP contribution in [0.3, 0.4) is 0 Å². The van der Waals surface area contributed by atoms with E-state index < -0.39 is 11.5 Å². The number of nitrogens with one attached hydrogen (secondary N) is 1. The van der Waals surface area contributed by atoms with Gasteiger partial charge < -0.3 is 15.3 Å². The van der Waals surface area contributed by atoms with Gasteiger partial charge in [-0.2, -0.15) is 11.8 Å². The summed E-state index contributed by atoms with van der Waals surface area (Å²) in [6.45, 7) is 0.326. The number of benzene rings is 3. The summed E-state index contributed by atoms with van der Waals surface area (Å²) >= 11 is 2.92. The second-order valence-electron chi connectivity index (χ2n) is 7.58. The number of carbonyl (C=O) groups is 1. The number of hydrogen-bond donors (Lipinski definition) is 2. The van der Waals surface area contributed by atoms with Crippen LogP contribution in [0.2, 0.25) is 0 Å². The summed E-state index contributed by atoms with van der Waals surface area (Å²) < 4.78 is 0. The number of carboxylic acids is 1. The van der Waals surface area contributed by atoms with Gasteiger partial charge in [0, 0.05) is 11.1 Å². The zero-order valence-corrected chi connectivity index (χ0v) is 20.8. The molecule has 0 spiro atoms. The smallest absolute Gasteiger partial charge is 0.360 e. The molecule has 0 fully saturated rings. The molecule has 0 saturated carbocycles. The van der Waals surface area contributed by atoms with Crippen LogP contribution in [0.4, 0.5) is 5.13 Å². The molecular weight excluding hydrogens is 478 g/mol. The first-order valence-corrected chi connectivity index (χ1v) is 13.3. The number of aromatic nitrogens is 1. The zero-order valence-electron chi connectivity index (χ0n) is 19.1. The number of oxime groups is 1. The quantitative estimate of drug-likeness (QED) is 0.118. The number of aliphatic carboxylic acids is 1. The first kappa shape index (κ1) is 24.5. The van der Waals surface area contributed by atoms with Crippen LogP contribution >= 0.6 is 23.1 Å². The first-order valence-electron chi connectivity index (χ1n) is 11.0. The average Bonchev–Trinajstić information content (AvgIpc) is 3.36. The van der Waals surface area contributed by atoms with Crippen LogP contribution in [-0.2, 0) is 15.2 Å². The predicted octanol–water partition coefficient (Wildman–Crippen LogP) is 5.72. The highest BCUT2D eigenvalue weighted by Crippen LogP contribution is 2.40. The maximum Gasteiger partial charge on any atom is 0.360 e. The van der Waals surface area contributed by atoms with Crippen molar-refractivity contribution in [2.75, 3.05) is 23.9 Å². The van der Waals surface area contributed by atoms with Gasteiger partial charge in [0.25, 0.3) is 0 Å². The Morgan fingerprint density at radius 2 is 1.49 bits per heavy atom. The molecule has 0 aliphatic rings. The second-order valence-corrected chi connectivity index (χ2v) is 9.43. The van der Waals surface area contributed by atoms with Crippen LogP contribution in [0.15, 0.2) is 102 Å². The van der Waals surface area contributed by atoms with Crippen LogP contribution in [0.1, 0.15) is 22.4 Å². The monoisotopic (exact) mass is 503 g/mol. The maximum absolute atomic E-state index is 11.9. The number of hydrogen-bond acceptors (Lipinski definition) is 7. The van der Waals surface area contributed by atoms with Crippen molar-refractivity contribution < 1.29 is 14.7 Å². The normalized spacial score (nSPS) is 11.7. The third kappa shape index (κ3) is 5.55. The standard InChI is InChI=1S/C27H25N3O3S2/c1-34-18-17-33-30-24(25(31)32)23-19-35-26(28-23)29-27(20-11-5-2-6-12-20,21-13-7-3-8-14-21)22-15-9-4-10-16-22/h2-16,19H,17-18H2,1H3,(H,28,29)(H,31,32)/b30-24-. The third-order valence-corrected chi connectivity index (χ3v) is 6.73. The van der Waals surface area contributed by atoms with E-state index in [2.05, 4.69) is 51.9 Å². The van der Waals surface area contributed by atoms with Crippen molar-refractivity contribution in [2.24, 2.45) is 5.16 Å². The summed E-state index contributed by atoms with van der Waals surface area (Å²) in [4.78, 5) is 21.7. The second kappa shape index (κ2) is 11.7. The van der Waals surface area contributed by atoms with Gasteiger partial charge in [0.15, 0.2) is 5.13 Å². The number of rotatable bonds is 11. The fourth-order valence-corrected chi connectivity index (χ4v) is 4.80. The van der Waals surface area contributed by atoms with Crippen LogP contribution < -0.4 is 5.32 Å². The van der Waals surface area contributed by atoms with Gasteiger partial charge in [-0.25, -0.2) is 9.78 Å². The van der Waals surface area contributed by atoms with E-state index in [1.54, 1.807) is 17.1 Å². The van der Waals surface area contributed by atoms with Gasteiger partial charge in [-0.1, -0.05) is 96.2 Å². The Morgan fingerprint density at radius 1 is 0.971 bits per heavy atom. The van der Waals surface area contributed by atoms with Crippen LogP contribution in [0.25, 0.3) is 0 Å². The first-order chi connectivity index (χ1) is 17.1. The van der Waals surface area contributed by atoms with E-state index in [0.29, 0.717) is 17.5 Å². The molecule has 0 atom stereocenters. The Balaban J connectivity index is 1.80. The van der Waals surface area contributed by atoms with Crippen molar-refractivity contribution in [3.63, 3.8) is 0 Å². The highest BCUT2D eigenvalue weighted by Gasteiger charge is 2.37. The third-order valence-electron chi connectivity index (χ3n) is 5.40. The molecule has 0 amide bonds. The fraction of sp³-hybridized carbons (Fsp3) is 0.148. The van der Waals surface area contributed by atoms with E-state index in [1.165, 1.54) is 11.3 Å². The molecule has 6 nitrogen and oxygen atoms in total. The van der Waals surface area contributed by atoms with E-state index >= 15 is 0 Å². The Bertz CT molecular complexity index is 1170. The molecule has 4 aromatic rings. The molecule has 0 aliphatic heterocycles. The van der Waals surface area contributed by atoms with Crippen molar-refractivity contribution >= 4 is 39.9 Å². The number of thiazole rings is 1. The van der Waals surface area contributed by atoms with Crippen LogP contribution in [0.5, 0.6) is 0 Å². The summed E-state index contributed by atoms with van der Waals surface area (Å²) in [5.74, 6) is -0.472. The predicted molar refractivity (Wildman–Crippen MR) is 143 cm³/mol. The van der Waals surface area contributed by atoms with E-state index in [4.69, 9.17) is 4.84 Å². The van der Waals surface area contributed by atoms with E-state index in [0.717, 1.165) is 16.7 Å². The summed E-state index contributed by atoms with van der Waals surface area (Å²) in [5, 5.41) is 19.4. The molecular formula is C27H25N3O3S2. The zero-order chi connectivity index (χ0) is 24.5. The Morgan fingerprint density at radius 3 is 1.94 bits per heavy atom. The molecule has 178 valence electrons. The Kier molecular flexibility index (Phi) is 8.18. The summed E-state index contributed by atoms with van der Waals surface area (Å²) in [7, 11) is 0. The lowest BCUT2D eigenvalue weighted by Gasteiger charge is -2.36. The van der Waals surface area contributed by atoms with Gasteiger partial charge in [0.1, 0.15) is 17.8 Å². The summed E-state index contributed by atoms with van der Waals surface area (Å²) in [6.07, 6.45) is 1.95. The van der Waals surface area contributed by atoms with Crippen molar-refractivity contribution in [1.29, 1.82) is 0 Å². The molecule has 35 heavy (non-hydrogen) atoms. The largest absolute Gasteiger partial charge is 0.476 e. The molecule has 1 heterocycles. The van der Waals surface area contributed by atoms with Crippen molar-refractivity contribution in [1.82, 2.24) is 4.98 Å². The number of thioether (sulfide) groups is 1. The molecule has 8 heteroatoms. The minimum absolute atomic E-state index is 0.222. The van der Waals surface area contributed by atoms with Crippen molar-refractivity contribution in [3.8, 4) is 0 Å². The van der Waals surface area contributed by atoms with Crippen molar-refractivity contribution in [2.45, 2.75) is 5.54 Å². The molecule has 0 bridgehead atoms. The van der Waals surface area contributed by atoms with Gasteiger partial charge in [-0.3, -0.25) is 0 Å². The number of nitrogens with zero attached hydrogens (tertiary/aromatic N) is 2. The van der Waals surface area contributed by atoms with E-state index in [-0.39, 0.29) is 11.4 Å². The average molecular weight is 504 g/mol. The SMILES string of the molecule is CSCCO/N=C(\C(=O)O)c1csc(NC(c2ccccc2)(c2ccccc2)c2ccccc2)n1. The van der Waals surface area contributed by atoms with Gasteiger partial charge in [0.2, 0.25) is 5.71 Å². The molecule has 0 unspecified atom stereocenters. The molecule has 0 aliphatic carbocycles. The lowest BCUT2D eigenvalue weighted by molar-refractivity contribution is -0.129. The minimum atomic E-state index is -1.19. The highest BCUT2D eigenvalue weighted by molar-refractivity contribution is 7.98. The Labute approximate surface area is 212 Å². The molecule has 3 aromatic carbocycles. The highest BCUT2D eigenvalue weighted by atomic mass is 32.2. The minimum Gasteiger partial charge on any atom is -0.476 e. The number of anilines is 1. The lowest BCUT2D eigenvalue weighted by Crippen LogP contribution is -2.38. The number of carboxylic acid groups (broad SMARTS) is 1. The van der Waals surface area contributed by atoms with E-state index in [9.17, 15) is 9.90 Å². The molecule has 0 radical (unpaired) electrons. The van der Waals surface area contributed by atoms with Crippen LogP contribution in [0, 0.1) is 0 Å². The van der Waals surface area contributed by atoms with Gasteiger partial charge in [-0.05, 0) is 22.9 Å². The summed E-state index contributed by atoms with van der Waals surface area (Å²) in [5.41, 5.74) is 2.36. The summed E-state index contributed by atoms with van der Waals surface area (Å²) in [6, 6.07) is 30.4. The fourth-order valence-electron chi connectivity index (χ4n) is 3.81. The molecule has 2 N–H and O–H groups in total. The Hall–Kier alpha value is -3.62. The van der Waals surface area contributed by atoms with Crippen molar-refractivity contribution in [3.05, 3.63) is 119 Å². The van der Waals surface area contributed by atoms with Gasteiger partial charge in [-0.15, -0.1) is 11.3 Å². The van der Waals surface area contributed by atoms with Gasteiger partial charge in [0.05, 0.1) is 0 Å². The molecule has 1 aromatic heterocycles. The van der Waals surface area contributed by atoms with E-state index in [1.807, 2.05) is 60.9 Å². The van der Waals surface area contributed by atoms with Gasteiger partial charge >= 0.3 is 5.97 Å². The lowest BCUT2D eigenvalue weighted by atomic mass is 9.77. The topological polar surface area (TPSA) is 83.8 Å². The van der Waals surface area contributed by atoms with Crippen LogP contribution in [-0.4, -0.2) is 40.4 Å². The molecule has 4 rings (SSSR count).